The maximum atomic E-state index is 13.6. The van der Waals surface area contributed by atoms with Gasteiger partial charge in [0.05, 0.1) is 30.1 Å². The number of thiocarbonyl (C=S) groups is 1. The predicted octanol–water partition coefficient (Wildman–Crippen LogP) is 7.06. The van der Waals surface area contributed by atoms with Crippen LogP contribution in [0.25, 0.3) is 5.69 Å². The zero-order chi connectivity index (χ0) is 30.2. The Hall–Kier alpha value is -4.38. The third-order valence-electron chi connectivity index (χ3n) is 7.03. The van der Waals surface area contributed by atoms with Crippen molar-refractivity contribution in [1.29, 1.82) is 0 Å². The van der Waals surface area contributed by atoms with Gasteiger partial charge in [0.1, 0.15) is 11.8 Å². The highest BCUT2D eigenvalue weighted by Gasteiger charge is 2.42. The van der Waals surface area contributed by atoms with Gasteiger partial charge >= 0.3 is 6.18 Å². The van der Waals surface area contributed by atoms with Crippen LogP contribution in [0.15, 0.2) is 85.2 Å². The van der Waals surface area contributed by atoms with Crippen molar-refractivity contribution in [3.05, 3.63) is 102 Å². The standard InChI is InChI=1S/C31H30F3N5O2S/c1-30(2,3)28(40)36-22-14-13-21(18-25(22)41-4)39-27(26(37-29(39)42)23-11-5-6-15-35-23)24-12-8-16-38(24)20-10-7-9-19(17-20)31(32,33)34/h5-18,26-27H,1-4H3,(H,36,40)(H,37,42)/t26-,27+/m0/s1. The fraction of sp³-hybridized carbons (Fsp3) is 0.258. The summed E-state index contributed by atoms with van der Waals surface area (Å²) in [6.07, 6.45) is -1.07. The number of hydrogen-bond acceptors (Lipinski definition) is 4. The summed E-state index contributed by atoms with van der Waals surface area (Å²) in [6, 6.07) is 18.8. The molecule has 1 aliphatic heterocycles. The third kappa shape index (κ3) is 5.69. The van der Waals surface area contributed by atoms with E-state index in [1.54, 1.807) is 41.2 Å². The Labute approximate surface area is 247 Å². The number of aromatic nitrogens is 2. The number of carbonyl (C=O) groups is 1. The monoisotopic (exact) mass is 593 g/mol. The van der Waals surface area contributed by atoms with Gasteiger partial charge in [-0.3, -0.25) is 9.78 Å². The van der Waals surface area contributed by atoms with E-state index in [0.29, 0.717) is 39.3 Å². The average Bonchev–Trinajstić information content (AvgIpc) is 3.57. The number of hydrogen-bond donors (Lipinski definition) is 2. The summed E-state index contributed by atoms with van der Waals surface area (Å²) < 4.78 is 48.1. The molecule has 0 saturated carbocycles. The minimum absolute atomic E-state index is 0.168. The highest BCUT2D eigenvalue weighted by atomic mass is 32.1. The lowest BCUT2D eigenvalue weighted by Gasteiger charge is -2.29. The molecule has 1 amide bonds. The Balaban J connectivity index is 1.62. The van der Waals surface area contributed by atoms with Gasteiger partial charge in [0, 0.05) is 40.9 Å². The van der Waals surface area contributed by atoms with Gasteiger partial charge in [-0.15, -0.1) is 0 Å². The Bertz CT molecular complexity index is 1610. The zero-order valence-corrected chi connectivity index (χ0v) is 24.3. The molecule has 2 N–H and O–H groups in total. The molecule has 218 valence electrons. The molecule has 1 saturated heterocycles. The van der Waals surface area contributed by atoms with Crippen molar-refractivity contribution < 1.29 is 22.7 Å². The van der Waals surface area contributed by atoms with E-state index in [9.17, 15) is 18.0 Å². The first kappa shape index (κ1) is 29.1. The van der Waals surface area contributed by atoms with E-state index < -0.39 is 29.2 Å². The average molecular weight is 594 g/mol. The highest BCUT2D eigenvalue weighted by molar-refractivity contribution is 7.80. The Morgan fingerprint density at radius 2 is 1.79 bits per heavy atom. The Morgan fingerprint density at radius 1 is 1.00 bits per heavy atom. The molecule has 42 heavy (non-hydrogen) atoms. The number of alkyl halides is 3. The first-order valence-corrected chi connectivity index (χ1v) is 13.6. The fourth-order valence-electron chi connectivity index (χ4n) is 4.88. The molecule has 11 heteroatoms. The van der Waals surface area contributed by atoms with Crippen molar-refractivity contribution in [1.82, 2.24) is 14.9 Å². The summed E-state index contributed by atoms with van der Waals surface area (Å²) in [4.78, 5) is 19.1. The van der Waals surface area contributed by atoms with Crippen LogP contribution in [0.1, 0.15) is 49.8 Å². The summed E-state index contributed by atoms with van der Waals surface area (Å²) in [5.41, 5.74) is 1.59. The van der Waals surface area contributed by atoms with Crippen LogP contribution in [0.4, 0.5) is 24.5 Å². The molecule has 1 aliphatic rings. The third-order valence-corrected chi connectivity index (χ3v) is 7.34. The van der Waals surface area contributed by atoms with Crippen LogP contribution in [0.2, 0.25) is 0 Å². The molecule has 7 nitrogen and oxygen atoms in total. The van der Waals surface area contributed by atoms with Gasteiger partial charge in [-0.05, 0) is 66.8 Å². The first-order valence-electron chi connectivity index (χ1n) is 13.2. The van der Waals surface area contributed by atoms with Crippen LogP contribution in [-0.4, -0.2) is 27.7 Å². The lowest BCUT2D eigenvalue weighted by atomic mass is 9.95. The quantitative estimate of drug-likeness (QED) is 0.233. The number of anilines is 2. The van der Waals surface area contributed by atoms with Crippen molar-refractivity contribution in [3.63, 3.8) is 0 Å². The molecule has 2 aromatic heterocycles. The molecule has 4 aromatic rings. The van der Waals surface area contributed by atoms with E-state index in [4.69, 9.17) is 17.0 Å². The second-order valence-corrected chi connectivity index (χ2v) is 11.3. The van der Waals surface area contributed by atoms with Gasteiger partial charge in [0.2, 0.25) is 5.91 Å². The molecule has 2 atom stereocenters. The fourth-order valence-corrected chi connectivity index (χ4v) is 5.22. The number of nitrogens with one attached hydrogen (secondary N) is 2. The van der Waals surface area contributed by atoms with Crippen molar-refractivity contribution >= 4 is 34.6 Å². The number of nitrogens with zero attached hydrogens (tertiary/aromatic N) is 3. The number of amides is 1. The number of rotatable bonds is 6. The maximum absolute atomic E-state index is 13.6. The summed E-state index contributed by atoms with van der Waals surface area (Å²) in [5, 5.41) is 6.69. The zero-order valence-electron chi connectivity index (χ0n) is 23.4. The molecule has 5 rings (SSSR count). The number of carbonyl (C=O) groups excluding carboxylic acids is 1. The van der Waals surface area contributed by atoms with Crippen LogP contribution in [0, 0.1) is 5.41 Å². The van der Waals surface area contributed by atoms with E-state index in [0.717, 1.165) is 12.1 Å². The van der Waals surface area contributed by atoms with E-state index >= 15 is 0 Å². The van der Waals surface area contributed by atoms with E-state index in [1.165, 1.54) is 13.2 Å². The molecular weight excluding hydrogens is 563 g/mol. The molecule has 2 aromatic carbocycles. The SMILES string of the molecule is COc1cc(N2C(=S)N[C@@H](c3ccccn3)[C@H]2c2cccn2-c2cccc(C(F)(F)F)c2)ccc1NC(=O)C(C)(C)C. The van der Waals surface area contributed by atoms with Crippen LogP contribution in [0.3, 0.4) is 0 Å². The lowest BCUT2D eigenvalue weighted by Crippen LogP contribution is -2.30. The smallest absolute Gasteiger partial charge is 0.416 e. The Kier molecular flexibility index (Phi) is 7.72. The molecule has 0 aliphatic carbocycles. The maximum Gasteiger partial charge on any atom is 0.416 e. The van der Waals surface area contributed by atoms with Crippen LogP contribution < -0.4 is 20.3 Å². The van der Waals surface area contributed by atoms with Crippen molar-refractivity contribution in [2.45, 2.75) is 39.0 Å². The van der Waals surface area contributed by atoms with Crippen molar-refractivity contribution in [2.24, 2.45) is 5.41 Å². The largest absolute Gasteiger partial charge is 0.494 e. The highest BCUT2D eigenvalue weighted by Crippen LogP contribution is 2.44. The van der Waals surface area contributed by atoms with Gasteiger partial charge in [0.15, 0.2) is 5.11 Å². The van der Waals surface area contributed by atoms with Gasteiger partial charge < -0.3 is 24.8 Å². The minimum Gasteiger partial charge on any atom is -0.494 e. The summed E-state index contributed by atoms with van der Waals surface area (Å²) in [6.45, 7) is 5.46. The van der Waals surface area contributed by atoms with Crippen LogP contribution in [0.5, 0.6) is 5.75 Å². The lowest BCUT2D eigenvalue weighted by molar-refractivity contribution is -0.137. The van der Waals surface area contributed by atoms with Gasteiger partial charge in [-0.25, -0.2) is 0 Å². The predicted molar refractivity (Wildman–Crippen MR) is 160 cm³/mol. The van der Waals surface area contributed by atoms with Gasteiger partial charge in [-0.2, -0.15) is 13.2 Å². The van der Waals surface area contributed by atoms with Gasteiger partial charge in [-0.1, -0.05) is 32.9 Å². The topological polar surface area (TPSA) is 71.4 Å². The number of halogens is 3. The molecule has 0 radical (unpaired) electrons. The molecule has 0 unspecified atom stereocenters. The number of benzene rings is 2. The van der Waals surface area contributed by atoms with E-state index in [1.807, 2.05) is 56.0 Å². The molecule has 1 fully saturated rings. The second kappa shape index (κ2) is 11.1. The summed E-state index contributed by atoms with van der Waals surface area (Å²) in [7, 11) is 1.51. The first-order chi connectivity index (χ1) is 19.9. The second-order valence-electron chi connectivity index (χ2n) is 10.9. The van der Waals surface area contributed by atoms with Gasteiger partial charge in [0.25, 0.3) is 0 Å². The number of methoxy groups -OCH3 is 1. The summed E-state index contributed by atoms with van der Waals surface area (Å²) >= 11 is 5.83. The molecule has 0 bridgehead atoms. The van der Waals surface area contributed by atoms with Crippen LogP contribution in [-0.2, 0) is 11.0 Å². The number of ether oxygens (including phenoxy) is 1. The molecule has 3 heterocycles. The molecular formula is C31H30F3N5O2S. The minimum atomic E-state index is -4.48. The van der Waals surface area contributed by atoms with E-state index in [-0.39, 0.29) is 5.91 Å². The number of pyridine rings is 1. The van der Waals surface area contributed by atoms with E-state index in [2.05, 4.69) is 15.6 Å². The Morgan fingerprint density at radius 3 is 2.45 bits per heavy atom. The normalized spacial score (nSPS) is 17.2. The van der Waals surface area contributed by atoms with Crippen LogP contribution >= 0.6 is 12.2 Å². The van der Waals surface area contributed by atoms with Crippen molar-refractivity contribution in [2.75, 3.05) is 17.3 Å². The van der Waals surface area contributed by atoms with Crippen molar-refractivity contribution in [3.8, 4) is 11.4 Å². The summed E-state index contributed by atoms with van der Waals surface area (Å²) in [5.74, 6) is 0.264. The molecule has 0 spiro atoms.